The lowest BCUT2D eigenvalue weighted by Gasteiger charge is -2.26. The molecule has 0 heterocycles. The number of rotatable bonds is 2. The quantitative estimate of drug-likeness (QED) is 0.778. The third kappa shape index (κ3) is 2.58. The van der Waals surface area contributed by atoms with Gasteiger partial charge in [0.25, 0.3) is 0 Å². The molecule has 2 N–H and O–H groups in total. The van der Waals surface area contributed by atoms with Crippen molar-refractivity contribution in [3.8, 4) is 0 Å². The Hall–Kier alpha value is -0.860. The predicted octanol–water partition coefficient (Wildman–Crippen LogP) is 2.20. The largest absolute Gasteiger partial charge is 0.393 e. The van der Waals surface area contributed by atoms with E-state index in [1.807, 2.05) is 12.1 Å². The van der Waals surface area contributed by atoms with Gasteiger partial charge >= 0.3 is 0 Å². The molecular formula is C13H18O2. The van der Waals surface area contributed by atoms with Crippen LogP contribution in [0.25, 0.3) is 0 Å². The lowest BCUT2D eigenvalue weighted by atomic mass is 9.82. The second-order valence-corrected chi connectivity index (χ2v) is 4.42. The summed E-state index contributed by atoms with van der Waals surface area (Å²) in [4.78, 5) is 0. The van der Waals surface area contributed by atoms with Gasteiger partial charge in [-0.1, -0.05) is 30.7 Å². The molecule has 1 aliphatic carbocycles. The van der Waals surface area contributed by atoms with Crippen molar-refractivity contribution in [2.45, 2.75) is 44.3 Å². The van der Waals surface area contributed by atoms with Crippen LogP contribution in [0.15, 0.2) is 24.3 Å². The molecule has 2 unspecified atom stereocenters. The van der Waals surface area contributed by atoms with Crippen molar-refractivity contribution in [3.63, 3.8) is 0 Å². The first kappa shape index (κ1) is 10.7. The van der Waals surface area contributed by atoms with Gasteiger partial charge < -0.3 is 10.2 Å². The maximum Gasteiger partial charge on any atom is 0.0681 e. The normalized spacial score (nSPS) is 26.5. The zero-order valence-electron chi connectivity index (χ0n) is 8.89. The summed E-state index contributed by atoms with van der Waals surface area (Å²) in [6.07, 6.45) is 3.94. The van der Waals surface area contributed by atoms with E-state index in [0.717, 1.165) is 31.2 Å². The van der Waals surface area contributed by atoms with Crippen LogP contribution < -0.4 is 0 Å². The van der Waals surface area contributed by atoms with Gasteiger partial charge in [0.05, 0.1) is 12.7 Å². The Balaban J connectivity index is 2.13. The molecule has 2 atom stereocenters. The summed E-state index contributed by atoms with van der Waals surface area (Å²) in [7, 11) is 0. The monoisotopic (exact) mass is 206 g/mol. The third-order valence-corrected chi connectivity index (χ3v) is 3.25. The van der Waals surface area contributed by atoms with Crippen LogP contribution in [0.5, 0.6) is 0 Å². The molecule has 1 aromatic carbocycles. The fourth-order valence-corrected chi connectivity index (χ4v) is 2.41. The number of hydrogen-bond donors (Lipinski definition) is 2. The molecule has 0 aliphatic heterocycles. The highest BCUT2D eigenvalue weighted by atomic mass is 16.3. The van der Waals surface area contributed by atoms with Gasteiger partial charge in [-0.25, -0.2) is 0 Å². The van der Waals surface area contributed by atoms with E-state index in [4.69, 9.17) is 5.11 Å². The highest BCUT2D eigenvalue weighted by Gasteiger charge is 2.21. The average Bonchev–Trinajstić information content (AvgIpc) is 2.29. The minimum Gasteiger partial charge on any atom is -0.393 e. The molecule has 1 fully saturated rings. The Morgan fingerprint density at radius 2 is 2.13 bits per heavy atom. The smallest absolute Gasteiger partial charge is 0.0681 e. The predicted molar refractivity (Wildman–Crippen MR) is 59.6 cm³/mol. The molecular weight excluding hydrogens is 188 g/mol. The Morgan fingerprint density at radius 1 is 1.27 bits per heavy atom. The van der Waals surface area contributed by atoms with Crippen LogP contribution in [0.3, 0.4) is 0 Å². The van der Waals surface area contributed by atoms with E-state index in [0.29, 0.717) is 5.92 Å². The van der Waals surface area contributed by atoms with Crippen molar-refractivity contribution in [2.75, 3.05) is 0 Å². The number of aliphatic hydroxyl groups excluding tert-OH is 2. The second kappa shape index (κ2) is 4.77. The van der Waals surface area contributed by atoms with Gasteiger partial charge in [0.1, 0.15) is 0 Å². The standard InChI is InChI=1S/C13H18O2/c14-9-10-3-1-4-11(7-10)12-5-2-6-13(15)8-12/h1,3-4,7,12-15H,2,5-6,8-9H2. The van der Waals surface area contributed by atoms with Crippen molar-refractivity contribution in [2.24, 2.45) is 0 Å². The van der Waals surface area contributed by atoms with Crippen LogP contribution >= 0.6 is 0 Å². The van der Waals surface area contributed by atoms with E-state index in [9.17, 15) is 5.11 Å². The molecule has 0 spiro atoms. The molecule has 0 aromatic heterocycles. The minimum absolute atomic E-state index is 0.100. The molecule has 0 radical (unpaired) electrons. The maximum absolute atomic E-state index is 9.62. The Morgan fingerprint density at radius 3 is 2.87 bits per heavy atom. The highest BCUT2D eigenvalue weighted by molar-refractivity contribution is 5.26. The van der Waals surface area contributed by atoms with E-state index >= 15 is 0 Å². The summed E-state index contributed by atoms with van der Waals surface area (Å²) in [6, 6.07) is 8.08. The molecule has 0 bridgehead atoms. The summed E-state index contributed by atoms with van der Waals surface area (Å²) in [6.45, 7) is 0.100. The van der Waals surface area contributed by atoms with Crippen molar-refractivity contribution in [1.82, 2.24) is 0 Å². The SMILES string of the molecule is OCc1cccc(C2CCCC(O)C2)c1. The minimum atomic E-state index is -0.137. The molecule has 1 aromatic rings. The van der Waals surface area contributed by atoms with Gasteiger partial charge in [-0.2, -0.15) is 0 Å². The first-order valence-electron chi connectivity index (χ1n) is 5.67. The van der Waals surface area contributed by atoms with E-state index in [1.165, 1.54) is 5.56 Å². The van der Waals surface area contributed by atoms with Crippen LogP contribution in [0, 0.1) is 0 Å². The first-order valence-corrected chi connectivity index (χ1v) is 5.67. The molecule has 0 saturated heterocycles. The fraction of sp³-hybridized carbons (Fsp3) is 0.538. The molecule has 82 valence electrons. The highest BCUT2D eigenvalue weighted by Crippen LogP contribution is 2.33. The third-order valence-electron chi connectivity index (χ3n) is 3.25. The first-order chi connectivity index (χ1) is 7.29. The summed E-state index contributed by atoms with van der Waals surface area (Å²) >= 11 is 0. The van der Waals surface area contributed by atoms with Gasteiger partial charge in [-0.05, 0) is 36.3 Å². The van der Waals surface area contributed by atoms with Gasteiger partial charge in [0.15, 0.2) is 0 Å². The zero-order chi connectivity index (χ0) is 10.7. The summed E-state index contributed by atoms with van der Waals surface area (Å²) in [5.74, 6) is 0.472. The Bertz CT molecular complexity index is 322. The average molecular weight is 206 g/mol. The molecule has 15 heavy (non-hydrogen) atoms. The number of hydrogen-bond acceptors (Lipinski definition) is 2. The molecule has 2 nitrogen and oxygen atoms in total. The maximum atomic E-state index is 9.62. The molecule has 1 saturated carbocycles. The zero-order valence-corrected chi connectivity index (χ0v) is 8.89. The van der Waals surface area contributed by atoms with Gasteiger partial charge in [-0.3, -0.25) is 0 Å². The lowest BCUT2D eigenvalue weighted by Crippen LogP contribution is -2.18. The summed E-state index contributed by atoms with van der Waals surface area (Å²) in [5.41, 5.74) is 2.23. The topological polar surface area (TPSA) is 40.5 Å². The van der Waals surface area contributed by atoms with E-state index in [1.54, 1.807) is 0 Å². The van der Waals surface area contributed by atoms with E-state index in [2.05, 4.69) is 12.1 Å². The van der Waals surface area contributed by atoms with Gasteiger partial charge in [0.2, 0.25) is 0 Å². The summed E-state index contributed by atoms with van der Waals surface area (Å²) < 4.78 is 0. The second-order valence-electron chi connectivity index (χ2n) is 4.42. The van der Waals surface area contributed by atoms with E-state index in [-0.39, 0.29) is 12.7 Å². The van der Waals surface area contributed by atoms with Crippen molar-refractivity contribution in [1.29, 1.82) is 0 Å². The van der Waals surface area contributed by atoms with Crippen LogP contribution in [-0.4, -0.2) is 16.3 Å². The van der Waals surface area contributed by atoms with Crippen molar-refractivity contribution < 1.29 is 10.2 Å². The number of aliphatic hydroxyl groups is 2. The fourth-order valence-electron chi connectivity index (χ4n) is 2.41. The van der Waals surface area contributed by atoms with Gasteiger partial charge in [0, 0.05) is 0 Å². The Labute approximate surface area is 90.6 Å². The van der Waals surface area contributed by atoms with Crippen LogP contribution in [-0.2, 0) is 6.61 Å². The van der Waals surface area contributed by atoms with E-state index < -0.39 is 0 Å². The molecule has 1 aliphatic rings. The summed E-state index contributed by atoms with van der Waals surface area (Å²) in [5, 5.41) is 18.7. The molecule has 2 rings (SSSR count). The van der Waals surface area contributed by atoms with Crippen LogP contribution in [0.2, 0.25) is 0 Å². The lowest BCUT2D eigenvalue weighted by molar-refractivity contribution is 0.119. The molecule has 2 heteroatoms. The van der Waals surface area contributed by atoms with Crippen LogP contribution in [0.4, 0.5) is 0 Å². The van der Waals surface area contributed by atoms with Crippen molar-refractivity contribution in [3.05, 3.63) is 35.4 Å². The Kier molecular flexibility index (Phi) is 3.39. The number of benzene rings is 1. The molecule has 0 amide bonds. The van der Waals surface area contributed by atoms with Crippen LogP contribution in [0.1, 0.15) is 42.7 Å². The van der Waals surface area contributed by atoms with Gasteiger partial charge in [-0.15, -0.1) is 0 Å². The van der Waals surface area contributed by atoms with Crippen molar-refractivity contribution >= 4 is 0 Å².